The lowest BCUT2D eigenvalue weighted by atomic mass is 10.1. The van der Waals surface area contributed by atoms with E-state index in [2.05, 4.69) is 23.4 Å². The number of benzene rings is 1. The standard InChI is InChI=1S/C18H27NO2S/c1-15(17-12-8-9-13-21-17)19(22(20)18(2,3)4)14-16-10-6-5-7-11-16/h5-7,9-11,13,15,17H,8,12,14H2,1-4H3/t15-,17+,22+/m1/s1. The Morgan fingerprint density at radius 3 is 2.55 bits per heavy atom. The van der Waals surface area contributed by atoms with Crippen LogP contribution in [-0.4, -0.2) is 25.4 Å². The molecule has 1 aliphatic rings. The van der Waals surface area contributed by atoms with Gasteiger partial charge in [0.25, 0.3) is 0 Å². The molecule has 3 atom stereocenters. The minimum atomic E-state index is -1.08. The van der Waals surface area contributed by atoms with Gasteiger partial charge in [-0.3, -0.25) is 0 Å². The summed E-state index contributed by atoms with van der Waals surface area (Å²) >= 11 is 0. The molecule has 0 fully saturated rings. The summed E-state index contributed by atoms with van der Waals surface area (Å²) in [6, 6.07) is 10.3. The third-order valence-electron chi connectivity index (χ3n) is 3.88. The molecule has 1 aromatic rings. The number of allylic oxidation sites excluding steroid dienone is 1. The van der Waals surface area contributed by atoms with Crippen molar-refractivity contribution in [3.63, 3.8) is 0 Å². The Bertz CT molecular complexity index is 522. The smallest absolute Gasteiger partial charge is 0.114 e. The molecule has 1 aromatic carbocycles. The van der Waals surface area contributed by atoms with Crippen molar-refractivity contribution in [2.75, 3.05) is 0 Å². The maximum absolute atomic E-state index is 13.0. The van der Waals surface area contributed by atoms with Gasteiger partial charge in [0.15, 0.2) is 0 Å². The fourth-order valence-corrected chi connectivity index (χ4v) is 3.97. The van der Waals surface area contributed by atoms with E-state index >= 15 is 0 Å². The Labute approximate surface area is 136 Å². The van der Waals surface area contributed by atoms with Gasteiger partial charge in [0.1, 0.15) is 17.1 Å². The van der Waals surface area contributed by atoms with Gasteiger partial charge >= 0.3 is 0 Å². The fraction of sp³-hybridized carbons (Fsp3) is 0.556. The average molecular weight is 321 g/mol. The first-order valence-electron chi connectivity index (χ1n) is 7.92. The Kier molecular flexibility index (Phi) is 5.81. The molecule has 0 aliphatic carbocycles. The zero-order chi connectivity index (χ0) is 16.2. The Morgan fingerprint density at radius 1 is 1.32 bits per heavy atom. The lowest BCUT2D eigenvalue weighted by Crippen LogP contribution is -2.47. The molecule has 0 aromatic heterocycles. The van der Waals surface area contributed by atoms with E-state index in [1.54, 1.807) is 6.26 Å². The largest absolute Gasteiger partial charge is 0.497 e. The zero-order valence-electron chi connectivity index (χ0n) is 14.0. The summed E-state index contributed by atoms with van der Waals surface area (Å²) in [4.78, 5) is 0. The van der Waals surface area contributed by atoms with Gasteiger partial charge in [-0.2, -0.15) is 0 Å². The van der Waals surface area contributed by atoms with Gasteiger partial charge in [-0.1, -0.05) is 30.3 Å². The summed E-state index contributed by atoms with van der Waals surface area (Å²) in [5, 5.41) is 0. The Hall–Kier alpha value is -1.13. The summed E-state index contributed by atoms with van der Waals surface area (Å²) in [5.74, 6) is 0. The van der Waals surface area contributed by atoms with Crippen LogP contribution >= 0.6 is 0 Å². The van der Waals surface area contributed by atoms with E-state index in [1.165, 1.54) is 5.56 Å². The second-order valence-electron chi connectivity index (χ2n) is 6.79. The maximum Gasteiger partial charge on any atom is 0.114 e. The van der Waals surface area contributed by atoms with Gasteiger partial charge < -0.3 is 4.74 Å². The van der Waals surface area contributed by atoms with Crippen molar-refractivity contribution >= 4 is 11.0 Å². The van der Waals surface area contributed by atoms with E-state index in [1.807, 2.05) is 45.0 Å². The molecule has 0 N–H and O–H groups in total. The molecule has 122 valence electrons. The minimum absolute atomic E-state index is 0.0972. The second-order valence-corrected chi connectivity index (χ2v) is 8.98. The summed E-state index contributed by atoms with van der Waals surface area (Å²) < 4.78 is 20.6. The predicted octanol–water partition coefficient (Wildman–Crippen LogP) is 4.03. The Balaban J connectivity index is 2.20. The quantitative estimate of drug-likeness (QED) is 0.819. The molecule has 0 bridgehead atoms. The summed E-state index contributed by atoms with van der Waals surface area (Å²) in [6.07, 6.45) is 5.93. The van der Waals surface area contributed by atoms with E-state index < -0.39 is 11.0 Å². The van der Waals surface area contributed by atoms with Crippen molar-refractivity contribution in [2.45, 2.75) is 64.0 Å². The minimum Gasteiger partial charge on any atom is -0.497 e. The molecule has 0 spiro atoms. The predicted molar refractivity (Wildman–Crippen MR) is 92.6 cm³/mol. The molecule has 0 saturated carbocycles. The first-order chi connectivity index (χ1) is 10.4. The van der Waals surface area contributed by atoms with Crippen LogP contribution in [0.25, 0.3) is 0 Å². The Morgan fingerprint density at radius 2 is 2.00 bits per heavy atom. The first kappa shape index (κ1) is 17.2. The van der Waals surface area contributed by atoms with Gasteiger partial charge in [0.2, 0.25) is 0 Å². The van der Waals surface area contributed by atoms with Gasteiger partial charge in [-0.25, -0.2) is 8.51 Å². The molecular weight excluding hydrogens is 294 g/mol. The summed E-state index contributed by atoms with van der Waals surface area (Å²) in [7, 11) is -1.08. The fourth-order valence-electron chi connectivity index (χ4n) is 2.56. The average Bonchev–Trinajstić information content (AvgIpc) is 2.52. The number of rotatable bonds is 5. The molecule has 0 saturated heterocycles. The van der Waals surface area contributed by atoms with Crippen LogP contribution < -0.4 is 0 Å². The number of nitrogens with zero attached hydrogens (tertiary/aromatic N) is 1. The summed E-state index contributed by atoms with van der Waals surface area (Å²) in [5.41, 5.74) is 1.18. The van der Waals surface area contributed by atoms with Crippen molar-refractivity contribution in [1.82, 2.24) is 4.31 Å². The van der Waals surface area contributed by atoms with Crippen LogP contribution in [0.5, 0.6) is 0 Å². The van der Waals surface area contributed by atoms with Crippen molar-refractivity contribution in [3.8, 4) is 0 Å². The molecule has 0 unspecified atom stereocenters. The van der Waals surface area contributed by atoms with Crippen LogP contribution in [0.2, 0.25) is 0 Å². The van der Waals surface area contributed by atoms with Crippen LogP contribution in [0.1, 0.15) is 46.1 Å². The molecule has 3 nitrogen and oxygen atoms in total. The zero-order valence-corrected chi connectivity index (χ0v) is 14.8. The lowest BCUT2D eigenvalue weighted by Gasteiger charge is -2.37. The van der Waals surface area contributed by atoms with Crippen molar-refractivity contribution in [3.05, 3.63) is 48.2 Å². The lowest BCUT2D eigenvalue weighted by molar-refractivity contribution is 0.0633. The van der Waals surface area contributed by atoms with Crippen molar-refractivity contribution in [1.29, 1.82) is 0 Å². The third kappa shape index (κ3) is 4.43. The molecule has 1 heterocycles. The number of ether oxygens (including phenoxy) is 1. The molecule has 0 amide bonds. The molecule has 0 radical (unpaired) electrons. The van der Waals surface area contributed by atoms with Gasteiger partial charge in [0.05, 0.1) is 17.1 Å². The number of hydrogen-bond donors (Lipinski definition) is 0. The normalized spacial score (nSPS) is 21.4. The van der Waals surface area contributed by atoms with Gasteiger partial charge in [0, 0.05) is 6.54 Å². The van der Waals surface area contributed by atoms with Crippen LogP contribution in [-0.2, 0) is 22.3 Å². The summed E-state index contributed by atoms with van der Waals surface area (Å²) in [6.45, 7) is 8.87. The van der Waals surface area contributed by atoms with E-state index in [4.69, 9.17) is 4.74 Å². The van der Waals surface area contributed by atoms with Crippen LogP contribution in [0.15, 0.2) is 42.7 Å². The molecule has 1 aliphatic heterocycles. The van der Waals surface area contributed by atoms with Crippen LogP contribution in [0, 0.1) is 0 Å². The monoisotopic (exact) mass is 321 g/mol. The highest BCUT2D eigenvalue weighted by atomic mass is 32.2. The molecule has 22 heavy (non-hydrogen) atoms. The van der Waals surface area contributed by atoms with Crippen molar-refractivity contribution in [2.24, 2.45) is 0 Å². The van der Waals surface area contributed by atoms with E-state index in [9.17, 15) is 4.21 Å². The van der Waals surface area contributed by atoms with Crippen molar-refractivity contribution < 1.29 is 8.95 Å². The molecular formula is C18H27NO2S. The molecule has 4 heteroatoms. The third-order valence-corrected chi connectivity index (χ3v) is 5.81. The highest BCUT2D eigenvalue weighted by molar-refractivity contribution is 7.84. The van der Waals surface area contributed by atoms with E-state index in [-0.39, 0.29) is 16.9 Å². The highest BCUT2D eigenvalue weighted by Gasteiger charge is 2.34. The van der Waals surface area contributed by atoms with Crippen LogP contribution in [0.3, 0.4) is 0 Å². The van der Waals surface area contributed by atoms with Crippen LogP contribution in [0.4, 0.5) is 0 Å². The number of hydrogen-bond acceptors (Lipinski definition) is 2. The maximum atomic E-state index is 13.0. The highest BCUT2D eigenvalue weighted by Crippen LogP contribution is 2.25. The van der Waals surface area contributed by atoms with E-state index in [0.29, 0.717) is 6.54 Å². The SMILES string of the molecule is C[C@H]([C@@H]1CCC=CO1)N(Cc1ccccc1)[S@@](=O)C(C)(C)C. The van der Waals surface area contributed by atoms with E-state index in [0.717, 1.165) is 12.8 Å². The topological polar surface area (TPSA) is 29.5 Å². The molecule has 2 rings (SSSR count). The van der Waals surface area contributed by atoms with Gasteiger partial charge in [-0.05, 0) is 52.2 Å². The first-order valence-corrected chi connectivity index (χ1v) is 9.03. The van der Waals surface area contributed by atoms with Gasteiger partial charge in [-0.15, -0.1) is 0 Å². The second kappa shape index (κ2) is 7.42.